The van der Waals surface area contributed by atoms with E-state index >= 15 is 0 Å². The predicted octanol–water partition coefficient (Wildman–Crippen LogP) is 0.0661. The zero-order valence-electron chi connectivity index (χ0n) is 5.42. The van der Waals surface area contributed by atoms with Gasteiger partial charge < -0.3 is 4.98 Å². The molecule has 3 heterocycles. The summed E-state index contributed by atoms with van der Waals surface area (Å²) in [6, 6.07) is 0. The topological polar surface area (TPSA) is 54.5 Å². The van der Waals surface area contributed by atoms with Crippen LogP contribution in [0.2, 0.25) is 0 Å². The van der Waals surface area contributed by atoms with Gasteiger partial charge >= 0.3 is 0 Å². The van der Waals surface area contributed by atoms with Gasteiger partial charge in [-0.25, -0.2) is 9.97 Å². The van der Waals surface area contributed by atoms with E-state index in [2.05, 4.69) is 31.8 Å². The van der Waals surface area contributed by atoms with Gasteiger partial charge in [-0.15, -0.1) is 0 Å². The SMILES string of the molecule is C1#Cc2nc3nc1ncc3[nH]2. The van der Waals surface area contributed by atoms with Crippen molar-refractivity contribution in [2.75, 3.05) is 0 Å². The molecule has 4 nitrogen and oxygen atoms in total. The van der Waals surface area contributed by atoms with E-state index < -0.39 is 0 Å². The number of rotatable bonds is 0. The molecule has 0 spiro atoms. The van der Waals surface area contributed by atoms with Gasteiger partial charge in [0.2, 0.25) is 5.82 Å². The summed E-state index contributed by atoms with van der Waals surface area (Å²) in [6.45, 7) is 0. The molecule has 1 aliphatic rings. The molecule has 2 aromatic heterocycles. The predicted molar refractivity (Wildman–Crippen MR) is 37.7 cm³/mol. The van der Waals surface area contributed by atoms with Crippen molar-refractivity contribution in [2.24, 2.45) is 0 Å². The Labute approximate surface area is 61.7 Å². The Morgan fingerprint density at radius 2 is 2.27 bits per heavy atom. The van der Waals surface area contributed by atoms with Gasteiger partial charge in [-0.3, -0.25) is 0 Å². The van der Waals surface area contributed by atoms with E-state index in [0.717, 1.165) is 5.52 Å². The van der Waals surface area contributed by atoms with Gasteiger partial charge in [0.05, 0.1) is 6.20 Å². The molecule has 0 unspecified atom stereocenters. The molecule has 0 aromatic carbocycles. The zero-order valence-corrected chi connectivity index (χ0v) is 5.42. The summed E-state index contributed by atoms with van der Waals surface area (Å²) < 4.78 is 0. The second-order valence-corrected chi connectivity index (χ2v) is 2.27. The standard InChI is InChI=1S/C7H2N4/c1-2-6-9-4-3-8-5(1)10-7(4)11-6/h3H,(H,8,9,10,11). The van der Waals surface area contributed by atoms with Crippen molar-refractivity contribution in [3.63, 3.8) is 0 Å². The molecule has 1 aliphatic heterocycles. The van der Waals surface area contributed by atoms with Crippen LogP contribution in [0.5, 0.6) is 0 Å². The first-order chi connectivity index (χ1) is 5.42. The first kappa shape index (κ1) is 4.85. The van der Waals surface area contributed by atoms with E-state index in [0.29, 0.717) is 17.3 Å². The maximum absolute atomic E-state index is 4.10. The lowest BCUT2D eigenvalue weighted by atomic mass is 10.5. The van der Waals surface area contributed by atoms with Gasteiger partial charge in [-0.2, -0.15) is 4.98 Å². The molecule has 0 saturated heterocycles. The van der Waals surface area contributed by atoms with E-state index in [1.54, 1.807) is 6.20 Å². The Kier molecular flexibility index (Phi) is 0.618. The van der Waals surface area contributed by atoms with Crippen LogP contribution in [0.1, 0.15) is 11.6 Å². The normalized spacial score (nSPS) is 11.6. The number of H-pyrrole nitrogens is 1. The van der Waals surface area contributed by atoms with Crippen molar-refractivity contribution < 1.29 is 0 Å². The van der Waals surface area contributed by atoms with Crippen molar-refractivity contribution in [1.82, 2.24) is 19.9 Å². The zero-order chi connectivity index (χ0) is 7.26. The second-order valence-electron chi connectivity index (χ2n) is 2.27. The average molecular weight is 142 g/mol. The van der Waals surface area contributed by atoms with E-state index in [9.17, 15) is 0 Å². The minimum atomic E-state index is 0.545. The number of aromatic amines is 1. The van der Waals surface area contributed by atoms with E-state index in [4.69, 9.17) is 0 Å². The van der Waals surface area contributed by atoms with Crippen molar-refractivity contribution in [3.05, 3.63) is 17.8 Å². The van der Waals surface area contributed by atoms with Crippen LogP contribution in [0.4, 0.5) is 0 Å². The number of fused-ring (bicyclic) bond motifs is 2. The van der Waals surface area contributed by atoms with Crippen LogP contribution in [0.3, 0.4) is 0 Å². The molecule has 0 aliphatic carbocycles. The lowest BCUT2D eigenvalue weighted by Crippen LogP contribution is -1.88. The molecule has 0 saturated carbocycles. The van der Waals surface area contributed by atoms with Crippen molar-refractivity contribution in [3.8, 4) is 11.8 Å². The van der Waals surface area contributed by atoms with Crippen LogP contribution in [-0.4, -0.2) is 19.9 Å². The van der Waals surface area contributed by atoms with Gasteiger partial charge in [0, 0.05) is 0 Å². The third-order valence-corrected chi connectivity index (χ3v) is 1.53. The Hall–Kier alpha value is -1.89. The maximum atomic E-state index is 4.10. The molecule has 0 fully saturated rings. The van der Waals surface area contributed by atoms with Gasteiger partial charge in [0.15, 0.2) is 11.5 Å². The number of nitrogens with one attached hydrogen (secondary N) is 1. The Bertz CT molecular complexity index is 490. The average Bonchev–Trinajstić information content (AvgIpc) is 2.29. The quantitative estimate of drug-likeness (QED) is 0.452. The number of nitrogens with zero attached hydrogens (tertiary/aromatic N) is 3. The molecular formula is C7H2N4. The van der Waals surface area contributed by atoms with E-state index in [-0.39, 0.29) is 0 Å². The monoisotopic (exact) mass is 142 g/mol. The molecule has 3 rings (SSSR count). The van der Waals surface area contributed by atoms with Crippen LogP contribution < -0.4 is 0 Å². The Morgan fingerprint density at radius 3 is 3.27 bits per heavy atom. The van der Waals surface area contributed by atoms with E-state index in [1.807, 2.05) is 0 Å². The number of hydrogen-bond donors (Lipinski definition) is 1. The lowest BCUT2D eigenvalue weighted by molar-refractivity contribution is 1.16. The summed E-state index contributed by atoms with van der Waals surface area (Å²) in [5.41, 5.74) is 1.53. The fourth-order valence-corrected chi connectivity index (χ4v) is 1.04. The van der Waals surface area contributed by atoms with Gasteiger partial charge in [0.25, 0.3) is 0 Å². The smallest absolute Gasteiger partial charge is 0.207 e. The second kappa shape index (κ2) is 1.40. The van der Waals surface area contributed by atoms with Gasteiger partial charge in [0.1, 0.15) is 5.52 Å². The summed E-state index contributed by atoms with van der Waals surface area (Å²) in [5, 5.41) is 0. The van der Waals surface area contributed by atoms with Crippen LogP contribution in [0.15, 0.2) is 6.20 Å². The molecule has 11 heavy (non-hydrogen) atoms. The van der Waals surface area contributed by atoms with Crippen molar-refractivity contribution in [1.29, 1.82) is 0 Å². The molecule has 2 aromatic rings. The minimum Gasteiger partial charge on any atom is -0.329 e. The minimum absolute atomic E-state index is 0.545. The highest BCUT2D eigenvalue weighted by atomic mass is 15.0. The van der Waals surface area contributed by atoms with Crippen molar-refractivity contribution in [2.45, 2.75) is 0 Å². The first-order valence-electron chi connectivity index (χ1n) is 3.16. The van der Waals surface area contributed by atoms with Gasteiger partial charge in [-0.1, -0.05) is 0 Å². The fourth-order valence-electron chi connectivity index (χ4n) is 1.04. The van der Waals surface area contributed by atoms with Crippen LogP contribution in [0.25, 0.3) is 11.2 Å². The molecular weight excluding hydrogens is 140 g/mol. The van der Waals surface area contributed by atoms with Gasteiger partial charge in [-0.05, 0) is 11.8 Å². The summed E-state index contributed by atoms with van der Waals surface area (Å²) in [4.78, 5) is 15.1. The largest absolute Gasteiger partial charge is 0.329 e. The maximum Gasteiger partial charge on any atom is 0.207 e. The third-order valence-electron chi connectivity index (χ3n) is 1.53. The molecule has 0 radical (unpaired) electrons. The highest BCUT2D eigenvalue weighted by Gasteiger charge is 2.05. The summed E-state index contributed by atoms with van der Waals surface area (Å²) in [7, 11) is 0. The number of hydrogen-bond acceptors (Lipinski definition) is 3. The van der Waals surface area contributed by atoms with Crippen LogP contribution in [0, 0.1) is 11.8 Å². The Balaban J connectivity index is 2.72. The molecule has 1 N–H and O–H groups in total. The lowest BCUT2D eigenvalue weighted by Gasteiger charge is -1.88. The number of imidazole rings is 1. The molecule has 0 amide bonds. The molecule has 4 heteroatoms. The summed E-state index contributed by atoms with van der Waals surface area (Å²) in [5.74, 6) is 6.79. The molecule has 0 atom stereocenters. The van der Waals surface area contributed by atoms with E-state index in [1.165, 1.54) is 0 Å². The summed E-state index contributed by atoms with van der Waals surface area (Å²) >= 11 is 0. The van der Waals surface area contributed by atoms with Crippen LogP contribution in [-0.2, 0) is 0 Å². The molecule has 3 bridgehead atoms. The first-order valence-corrected chi connectivity index (χ1v) is 3.16. The van der Waals surface area contributed by atoms with Crippen molar-refractivity contribution >= 4 is 11.2 Å². The highest BCUT2D eigenvalue weighted by molar-refractivity contribution is 5.71. The fraction of sp³-hybridized carbons (Fsp3) is 0. The number of aromatic nitrogens is 4. The molecule has 50 valence electrons. The third kappa shape index (κ3) is 0.521. The highest BCUT2D eigenvalue weighted by Crippen LogP contribution is 2.08. The van der Waals surface area contributed by atoms with Crippen LogP contribution >= 0.6 is 0 Å². The Morgan fingerprint density at radius 1 is 1.27 bits per heavy atom. The summed E-state index contributed by atoms with van der Waals surface area (Å²) in [6.07, 6.45) is 1.70.